The summed E-state index contributed by atoms with van der Waals surface area (Å²) in [5, 5.41) is 15.5. The van der Waals surface area contributed by atoms with Crippen LogP contribution in [0.1, 0.15) is 61.9 Å². The summed E-state index contributed by atoms with van der Waals surface area (Å²) in [6, 6.07) is 2.00. The van der Waals surface area contributed by atoms with E-state index in [-0.39, 0.29) is 35.7 Å². The van der Waals surface area contributed by atoms with Crippen LogP contribution in [0.25, 0.3) is 10.8 Å². The quantitative estimate of drug-likeness (QED) is 0.196. The van der Waals surface area contributed by atoms with E-state index in [0.717, 1.165) is 50.7 Å². The van der Waals surface area contributed by atoms with Crippen molar-refractivity contribution in [2.45, 2.75) is 68.7 Å². The number of thioether (sulfide) groups is 1. The summed E-state index contributed by atoms with van der Waals surface area (Å²) >= 11 is 3.32. The standard InChI is InChI=1S/C23H31N5O5S2/c29-19(8-4-3-7-18-20-16(14-35-18)26-23(31)27-20)32-11-6-2-1-5-9-24-21(30)15-13-17(33-28-15)22-25-10-12-34-22/h10,12-13,16,18,20H,1-9,11,14H2,(H,24,30)(H2,26,27,31)/t16-,18-,20-/m0/s1. The van der Waals surface area contributed by atoms with Crippen LogP contribution < -0.4 is 16.0 Å². The molecule has 2 aliphatic rings. The van der Waals surface area contributed by atoms with Crippen LogP contribution in [0.4, 0.5) is 4.79 Å². The molecule has 2 aromatic rings. The Morgan fingerprint density at radius 2 is 2.06 bits per heavy atom. The number of urea groups is 1. The van der Waals surface area contributed by atoms with Crippen molar-refractivity contribution < 1.29 is 23.6 Å². The Hall–Kier alpha value is -2.60. The molecule has 0 unspecified atom stereocenters. The first-order chi connectivity index (χ1) is 17.1. The Balaban J connectivity index is 0.963. The van der Waals surface area contributed by atoms with Gasteiger partial charge in [-0.05, 0) is 32.1 Å². The van der Waals surface area contributed by atoms with Crippen LogP contribution in [0.15, 0.2) is 22.2 Å². The average molecular weight is 522 g/mol. The number of hydrogen-bond donors (Lipinski definition) is 3. The minimum Gasteiger partial charge on any atom is -0.466 e. The molecule has 0 spiro atoms. The molecule has 3 amide bonds. The molecule has 35 heavy (non-hydrogen) atoms. The van der Waals surface area contributed by atoms with Crippen LogP contribution >= 0.6 is 23.1 Å². The predicted molar refractivity (Wildman–Crippen MR) is 133 cm³/mol. The molecule has 2 aliphatic heterocycles. The van der Waals surface area contributed by atoms with Gasteiger partial charge < -0.3 is 25.2 Å². The van der Waals surface area contributed by atoms with Crippen molar-refractivity contribution in [3.8, 4) is 10.8 Å². The molecule has 3 atom stereocenters. The summed E-state index contributed by atoms with van der Waals surface area (Å²) in [6.45, 7) is 0.988. The van der Waals surface area contributed by atoms with Crippen LogP contribution in [0.5, 0.6) is 0 Å². The zero-order chi connectivity index (χ0) is 24.5. The summed E-state index contributed by atoms with van der Waals surface area (Å²) < 4.78 is 10.5. The van der Waals surface area contributed by atoms with Gasteiger partial charge in [-0.1, -0.05) is 18.0 Å². The molecule has 0 radical (unpaired) electrons. The van der Waals surface area contributed by atoms with Gasteiger partial charge in [-0.25, -0.2) is 9.78 Å². The van der Waals surface area contributed by atoms with Gasteiger partial charge in [0.2, 0.25) is 0 Å². The first kappa shape index (κ1) is 25.5. The minimum atomic E-state index is -0.263. The number of rotatable bonds is 14. The lowest BCUT2D eigenvalue weighted by molar-refractivity contribution is -0.143. The van der Waals surface area contributed by atoms with Gasteiger partial charge in [0.05, 0.1) is 18.7 Å². The van der Waals surface area contributed by atoms with E-state index in [0.29, 0.717) is 35.6 Å². The molecule has 2 fully saturated rings. The monoisotopic (exact) mass is 521 g/mol. The number of carbonyl (C=O) groups excluding carboxylic acids is 3. The Bertz CT molecular complexity index is 983. The van der Waals surface area contributed by atoms with Crippen LogP contribution in [0, 0.1) is 0 Å². The Morgan fingerprint density at radius 3 is 2.91 bits per heavy atom. The van der Waals surface area contributed by atoms with E-state index in [1.165, 1.54) is 11.3 Å². The molecule has 0 aliphatic carbocycles. The van der Waals surface area contributed by atoms with Crippen molar-refractivity contribution in [2.24, 2.45) is 0 Å². The number of unbranched alkanes of at least 4 members (excludes halogenated alkanes) is 4. The zero-order valence-electron chi connectivity index (χ0n) is 19.5. The maximum atomic E-state index is 12.2. The van der Waals surface area contributed by atoms with Crippen molar-refractivity contribution in [3.05, 3.63) is 23.3 Å². The van der Waals surface area contributed by atoms with Gasteiger partial charge in [-0.2, -0.15) is 11.8 Å². The molecule has 190 valence electrons. The predicted octanol–water partition coefficient (Wildman–Crippen LogP) is 3.36. The van der Waals surface area contributed by atoms with Gasteiger partial charge in [-0.15, -0.1) is 11.3 Å². The van der Waals surface area contributed by atoms with Gasteiger partial charge in [0.1, 0.15) is 0 Å². The molecule has 2 aromatic heterocycles. The third-order valence-corrected chi connectivity index (χ3v) is 8.36. The molecule has 0 bridgehead atoms. The van der Waals surface area contributed by atoms with E-state index in [9.17, 15) is 14.4 Å². The van der Waals surface area contributed by atoms with E-state index >= 15 is 0 Å². The van der Waals surface area contributed by atoms with E-state index < -0.39 is 0 Å². The summed E-state index contributed by atoms with van der Waals surface area (Å²) in [5.74, 6) is 1.04. The van der Waals surface area contributed by atoms with E-state index in [2.05, 4.69) is 26.1 Å². The zero-order valence-corrected chi connectivity index (χ0v) is 21.1. The fourth-order valence-electron chi connectivity index (χ4n) is 4.22. The summed E-state index contributed by atoms with van der Waals surface area (Å²) in [7, 11) is 0. The van der Waals surface area contributed by atoms with Crippen molar-refractivity contribution in [1.29, 1.82) is 0 Å². The van der Waals surface area contributed by atoms with Crippen molar-refractivity contribution >= 4 is 41.0 Å². The number of ether oxygens (including phenoxy) is 1. The fourth-order valence-corrected chi connectivity index (χ4v) is 6.35. The molecular weight excluding hydrogens is 490 g/mol. The first-order valence-electron chi connectivity index (χ1n) is 12.1. The van der Waals surface area contributed by atoms with Crippen LogP contribution in [0.2, 0.25) is 0 Å². The second-order valence-electron chi connectivity index (χ2n) is 8.67. The highest BCUT2D eigenvalue weighted by molar-refractivity contribution is 8.00. The summed E-state index contributed by atoms with van der Waals surface area (Å²) in [6.07, 6.45) is 8.41. The number of esters is 1. The topological polar surface area (TPSA) is 135 Å². The number of hydrogen-bond acceptors (Lipinski definition) is 9. The van der Waals surface area contributed by atoms with Crippen LogP contribution in [-0.2, 0) is 9.53 Å². The minimum absolute atomic E-state index is 0.0633. The first-order valence-corrected chi connectivity index (χ1v) is 14.0. The summed E-state index contributed by atoms with van der Waals surface area (Å²) in [5.41, 5.74) is 0.246. The molecule has 10 nitrogen and oxygen atoms in total. The molecule has 4 heterocycles. The third-order valence-electron chi connectivity index (χ3n) is 6.06. The largest absolute Gasteiger partial charge is 0.466 e. The molecule has 12 heteroatoms. The Morgan fingerprint density at radius 1 is 1.17 bits per heavy atom. The lowest BCUT2D eigenvalue weighted by Gasteiger charge is -2.16. The number of thiazole rings is 1. The smallest absolute Gasteiger partial charge is 0.315 e. The van der Waals surface area contributed by atoms with Crippen molar-refractivity contribution in [3.63, 3.8) is 0 Å². The van der Waals surface area contributed by atoms with Gasteiger partial charge in [0.25, 0.3) is 5.91 Å². The number of nitrogens with zero attached hydrogens (tertiary/aromatic N) is 2. The molecule has 2 saturated heterocycles. The highest BCUT2D eigenvalue weighted by atomic mass is 32.2. The fraction of sp³-hybridized carbons (Fsp3) is 0.609. The van der Waals surface area contributed by atoms with Crippen LogP contribution in [0.3, 0.4) is 0 Å². The molecule has 3 N–H and O–H groups in total. The van der Waals surface area contributed by atoms with Gasteiger partial charge in [0, 0.05) is 41.6 Å². The van der Waals surface area contributed by atoms with Crippen molar-refractivity contribution in [2.75, 3.05) is 18.9 Å². The lowest BCUT2D eigenvalue weighted by Crippen LogP contribution is -2.36. The van der Waals surface area contributed by atoms with Crippen molar-refractivity contribution in [1.82, 2.24) is 26.1 Å². The highest BCUT2D eigenvalue weighted by Gasteiger charge is 2.42. The normalized spacial score (nSPS) is 20.8. The number of fused-ring (bicyclic) bond motifs is 1. The SMILES string of the molecule is O=C1N[C@H]2[C@H](CS[C@H]2CCCCC(=O)OCCCCCCNC(=O)c2cc(-c3nccs3)on2)N1. The van der Waals surface area contributed by atoms with Gasteiger partial charge in [-0.3, -0.25) is 9.59 Å². The molecule has 4 rings (SSSR count). The van der Waals surface area contributed by atoms with E-state index in [4.69, 9.17) is 9.26 Å². The number of carbonyl (C=O) groups is 3. The van der Waals surface area contributed by atoms with Gasteiger partial charge in [0.15, 0.2) is 16.5 Å². The molecular formula is C23H31N5O5S2. The summed E-state index contributed by atoms with van der Waals surface area (Å²) in [4.78, 5) is 39.6. The second kappa shape index (κ2) is 12.9. The molecule has 0 aromatic carbocycles. The van der Waals surface area contributed by atoms with Crippen LogP contribution in [-0.4, -0.2) is 64.3 Å². The maximum Gasteiger partial charge on any atom is 0.315 e. The highest BCUT2D eigenvalue weighted by Crippen LogP contribution is 2.33. The number of nitrogens with one attached hydrogen (secondary N) is 3. The number of aromatic nitrogens is 2. The lowest BCUT2D eigenvalue weighted by atomic mass is 10.0. The third kappa shape index (κ3) is 7.44. The molecule has 0 saturated carbocycles. The average Bonchev–Trinajstić information content (AvgIpc) is 3.63. The Labute approximate surface area is 212 Å². The van der Waals surface area contributed by atoms with E-state index in [1.54, 1.807) is 12.3 Å². The second-order valence-corrected chi connectivity index (χ2v) is 10.8. The number of amides is 3. The Kier molecular flexibility index (Phi) is 9.41. The van der Waals surface area contributed by atoms with Gasteiger partial charge >= 0.3 is 12.0 Å². The van der Waals surface area contributed by atoms with E-state index in [1.807, 2.05) is 17.1 Å². The maximum absolute atomic E-state index is 12.2.